The molecule has 1 aromatic carbocycles. The molecule has 0 saturated carbocycles. The standard InChI is InChI=1S/C8H8N2S2/c1-11-5-2-3-6-7(4-5)12-8(9)10-6/h2-4H,1H3,(H2,9,10). The normalized spacial score (nSPS) is 10.8. The van der Waals surface area contributed by atoms with Crippen molar-refractivity contribution < 1.29 is 0 Å². The lowest BCUT2D eigenvalue weighted by Gasteiger charge is -1.92. The van der Waals surface area contributed by atoms with E-state index in [9.17, 15) is 0 Å². The molecule has 4 heteroatoms. The van der Waals surface area contributed by atoms with Gasteiger partial charge < -0.3 is 5.73 Å². The zero-order valence-electron chi connectivity index (χ0n) is 6.57. The number of nitrogen functional groups attached to an aromatic ring is 1. The van der Waals surface area contributed by atoms with Crippen LogP contribution in [0.5, 0.6) is 0 Å². The van der Waals surface area contributed by atoms with E-state index in [2.05, 4.69) is 23.4 Å². The van der Waals surface area contributed by atoms with Crippen LogP contribution in [0, 0.1) is 0 Å². The van der Waals surface area contributed by atoms with Crippen molar-refractivity contribution in [1.82, 2.24) is 4.98 Å². The number of anilines is 1. The number of rotatable bonds is 1. The average Bonchev–Trinajstić information content (AvgIpc) is 2.43. The highest BCUT2D eigenvalue weighted by Gasteiger charge is 2.00. The molecule has 0 radical (unpaired) electrons. The molecule has 62 valence electrons. The molecule has 2 nitrogen and oxygen atoms in total. The average molecular weight is 196 g/mol. The number of aromatic nitrogens is 1. The fourth-order valence-electron chi connectivity index (χ4n) is 1.05. The second-order valence-corrected chi connectivity index (χ2v) is 4.33. The Morgan fingerprint density at radius 2 is 2.33 bits per heavy atom. The van der Waals surface area contributed by atoms with Crippen LogP contribution in [0.2, 0.25) is 0 Å². The van der Waals surface area contributed by atoms with Crippen LogP contribution < -0.4 is 5.73 Å². The second-order valence-electron chi connectivity index (χ2n) is 2.39. The molecule has 2 aromatic rings. The number of nitrogens with two attached hydrogens (primary N) is 1. The number of nitrogens with zero attached hydrogens (tertiary/aromatic N) is 1. The van der Waals surface area contributed by atoms with E-state index in [4.69, 9.17) is 5.73 Å². The monoisotopic (exact) mass is 196 g/mol. The highest BCUT2D eigenvalue weighted by Crippen LogP contribution is 2.27. The molecule has 0 saturated heterocycles. The van der Waals surface area contributed by atoms with Gasteiger partial charge in [0.25, 0.3) is 0 Å². The Balaban J connectivity index is 2.66. The van der Waals surface area contributed by atoms with Crippen LogP contribution in [0.4, 0.5) is 5.13 Å². The van der Waals surface area contributed by atoms with Crippen LogP contribution in [0.15, 0.2) is 23.1 Å². The molecule has 0 amide bonds. The summed E-state index contributed by atoms with van der Waals surface area (Å²) in [5.74, 6) is 0. The van der Waals surface area contributed by atoms with Crippen molar-refractivity contribution in [2.24, 2.45) is 0 Å². The molecule has 0 aliphatic carbocycles. The quantitative estimate of drug-likeness (QED) is 0.712. The molecule has 0 bridgehead atoms. The third-order valence-electron chi connectivity index (χ3n) is 1.61. The Kier molecular flexibility index (Phi) is 1.94. The van der Waals surface area contributed by atoms with Crippen molar-refractivity contribution in [3.8, 4) is 0 Å². The van der Waals surface area contributed by atoms with Gasteiger partial charge in [-0.2, -0.15) is 0 Å². The van der Waals surface area contributed by atoms with Crippen LogP contribution in [0.25, 0.3) is 10.2 Å². The van der Waals surface area contributed by atoms with E-state index in [1.807, 2.05) is 6.07 Å². The summed E-state index contributed by atoms with van der Waals surface area (Å²) in [4.78, 5) is 5.43. The van der Waals surface area contributed by atoms with Gasteiger partial charge in [-0.05, 0) is 24.5 Å². The van der Waals surface area contributed by atoms with Crippen molar-refractivity contribution in [2.75, 3.05) is 12.0 Å². The van der Waals surface area contributed by atoms with Gasteiger partial charge in [0.1, 0.15) is 0 Å². The first-order valence-electron chi connectivity index (χ1n) is 3.49. The third kappa shape index (κ3) is 1.28. The van der Waals surface area contributed by atoms with Gasteiger partial charge in [-0.3, -0.25) is 0 Å². The van der Waals surface area contributed by atoms with Crippen molar-refractivity contribution in [3.05, 3.63) is 18.2 Å². The number of hydrogen-bond acceptors (Lipinski definition) is 4. The van der Waals surface area contributed by atoms with Crippen molar-refractivity contribution in [2.45, 2.75) is 4.90 Å². The maximum absolute atomic E-state index is 5.58. The summed E-state index contributed by atoms with van der Waals surface area (Å²) in [6.45, 7) is 0. The number of benzene rings is 1. The number of fused-ring (bicyclic) bond motifs is 1. The first-order chi connectivity index (χ1) is 5.79. The predicted octanol–water partition coefficient (Wildman–Crippen LogP) is 2.60. The van der Waals surface area contributed by atoms with Crippen molar-refractivity contribution in [1.29, 1.82) is 0 Å². The maximum atomic E-state index is 5.58. The fourth-order valence-corrected chi connectivity index (χ4v) is 2.34. The minimum Gasteiger partial charge on any atom is -0.375 e. The summed E-state index contributed by atoms with van der Waals surface area (Å²) >= 11 is 3.27. The number of thiazole rings is 1. The highest BCUT2D eigenvalue weighted by molar-refractivity contribution is 7.98. The lowest BCUT2D eigenvalue weighted by atomic mass is 10.3. The molecule has 1 heterocycles. The molecule has 0 aliphatic heterocycles. The molecule has 2 rings (SSSR count). The molecule has 0 unspecified atom stereocenters. The molecule has 2 N–H and O–H groups in total. The van der Waals surface area contributed by atoms with Crippen LogP contribution in [-0.2, 0) is 0 Å². The van der Waals surface area contributed by atoms with E-state index in [0.717, 1.165) is 5.52 Å². The van der Waals surface area contributed by atoms with E-state index in [1.165, 1.54) is 20.9 Å². The third-order valence-corrected chi connectivity index (χ3v) is 3.18. The van der Waals surface area contributed by atoms with Gasteiger partial charge in [-0.25, -0.2) is 4.98 Å². The minimum absolute atomic E-state index is 0.642. The van der Waals surface area contributed by atoms with Gasteiger partial charge in [0.05, 0.1) is 10.2 Å². The van der Waals surface area contributed by atoms with Gasteiger partial charge in [0.2, 0.25) is 0 Å². The summed E-state index contributed by atoms with van der Waals surface area (Å²) in [6.07, 6.45) is 2.06. The first kappa shape index (κ1) is 7.89. The van der Waals surface area contributed by atoms with Crippen LogP contribution in [0.3, 0.4) is 0 Å². The van der Waals surface area contributed by atoms with E-state index in [0.29, 0.717) is 5.13 Å². The van der Waals surface area contributed by atoms with Gasteiger partial charge in [0.15, 0.2) is 5.13 Å². The van der Waals surface area contributed by atoms with Crippen molar-refractivity contribution in [3.63, 3.8) is 0 Å². The summed E-state index contributed by atoms with van der Waals surface area (Å²) in [5, 5.41) is 0.642. The minimum atomic E-state index is 0.642. The van der Waals surface area contributed by atoms with E-state index in [-0.39, 0.29) is 0 Å². The number of hydrogen-bond donors (Lipinski definition) is 1. The second kappa shape index (κ2) is 2.95. The van der Waals surface area contributed by atoms with Gasteiger partial charge in [-0.15, -0.1) is 11.8 Å². The van der Waals surface area contributed by atoms with E-state index < -0.39 is 0 Å². The predicted molar refractivity (Wildman–Crippen MR) is 55.8 cm³/mol. The van der Waals surface area contributed by atoms with Crippen LogP contribution in [-0.4, -0.2) is 11.2 Å². The number of thioether (sulfide) groups is 1. The molecule has 0 atom stereocenters. The van der Waals surface area contributed by atoms with Gasteiger partial charge in [-0.1, -0.05) is 11.3 Å². The smallest absolute Gasteiger partial charge is 0.181 e. The molecule has 0 spiro atoms. The fraction of sp³-hybridized carbons (Fsp3) is 0.125. The molecule has 0 fully saturated rings. The first-order valence-corrected chi connectivity index (χ1v) is 5.54. The zero-order valence-corrected chi connectivity index (χ0v) is 8.21. The van der Waals surface area contributed by atoms with E-state index in [1.54, 1.807) is 11.8 Å². The maximum Gasteiger partial charge on any atom is 0.181 e. The summed E-state index contributed by atoms with van der Waals surface area (Å²) in [5.41, 5.74) is 6.58. The zero-order chi connectivity index (χ0) is 8.55. The lowest BCUT2D eigenvalue weighted by molar-refractivity contribution is 1.46. The largest absolute Gasteiger partial charge is 0.375 e. The summed E-state index contributed by atoms with van der Waals surface area (Å²) in [7, 11) is 0. The van der Waals surface area contributed by atoms with Crippen LogP contribution in [0.1, 0.15) is 0 Å². The molecular formula is C8H8N2S2. The Bertz CT molecular complexity index is 408. The Hall–Kier alpha value is -0.740. The molecule has 0 aliphatic rings. The summed E-state index contributed by atoms with van der Waals surface area (Å²) in [6, 6.07) is 6.19. The molecular weight excluding hydrogens is 188 g/mol. The lowest BCUT2D eigenvalue weighted by Crippen LogP contribution is -1.78. The summed E-state index contributed by atoms with van der Waals surface area (Å²) < 4.78 is 1.17. The Labute approximate surface area is 78.8 Å². The Morgan fingerprint density at radius 1 is 1.50 bits per heavy atom. The van der Waals surface area contributed by atoms with Gasteiger partial charge >= 0.3 is 0 Å². The highest BCUT2D eigenvalue weighted by atomic mass is 32.2. The van der Waals surface area contributed by atoms with Crippen molar-refractivity contribution >= 4 is 38.4 Å². The van der Waals surface area contributed by atoms with E-state index >= 15 is 0 Å². The Morgan fingerprint density at radius 3 is 3.08 bits per heavy atom. The van der Waals surface area contributed by atoms with Crippen LogP contribution >= 0.6 is 23.1 Å². The topological polar surface area (TPSA) is 38.9 Å². The SMILES string of the molecule is CSc1ccc2nc(N)sc2c1. The van der Waals surface area contributed by atoms with Gasteiger partial charge in [0, 0.05) is 4.90 Å². The molecule has 12 heavy (non-hydrogen) atoms. The molecule has 1 aromatic heterocycles.